The second-order valence-electron chi connectivity index (χ2n) is 13.1. The highest BCUT2D eigenvalue weighted by Gasteiger charge is 2.37. The van der Waals surface area contributed by atoms with Gasteiger partial charge in [0.1, 0.15) is 0 Å². The van der Waals surface area contributed by atoms with Crippen molar-refractivity contribution in [2.75, 3.05) is 26.2 Å². The maximum Gasteiger partial charge on any atom is 0.0242 e. The summed E-state index contributed by atoms with van der Waals surface area (Å²) in [5.74, 6) is 0. The zero-order chi connectivity index (χ0) is 25.5. The van der Waals surface area contributed by atoms with Crippen molar-refractivity contribution in [2.24, 2.45) is 0 Å². The Morgan fingerprint density at radius 2 is 0.861 bits per heavy atom. The van der Waals surface area contributed by atoms with Crippen molar-refractivity contribution in [3.63, 3.8) is 0 Å². The van der Waals surface area contributed by atoms with E-state index in [4.69, 9.17) is 0 Å². The van der Waals surface area contributed by atoms with Crippen LogP contribution < -0.4 is 0 Å². The average molecular weight is 489 g/mol. The van der Waals surface area contributed by atoms with Gasteiger partial charge in [0.05, 0.1) is 0 Å². The van der Waals surface area contributed by atoms with Crippen molar-refractivity contribution in [2.45, 2.75) is 104 Å². The van der Waals surface area contributed by atoms with Gasteiger partial charge in [0, 0.05) is 75.5 Å². The standard InChI is InChI=1S/C32H48N4/c1-25-19-31(3,4)35-18-16-34(22-28-12-8-10-14-30(28)23-35)26(2)20-32(5,6)36-17-15-33(25)21-27-11-7-9-13-29(27)24-36/h7-14,25-26H,15-24H2,1-6H3/t25-,26+. The lowest BCUT2D eigenvalue weighted by Crippen LogP contribution is -2.56. The Morgan fingerprint density at radius 3 is 1.22 bits per heavy atom. The molecule has 2 aromatic carbocycles. The highest BCUT2D eigenvalue weighted by atomic mass is 15.3. The molecule has 36 heavy (non-hydrogen) atoms. The molecular weight excluding hydrogens is 440 g/mol. The van der Waals surface area contributed by atoms with Gasteiger partial charge in [-0.1, -0.05) is 48.5 Å². The van der Waals surface area contributed by atoms with Crippen molar-refractivity contribution >= 4 is 0 Å². The Labute approximate surface area is 220 Å². The van der Waals surface area contributed by atoms with Crippen LogP contribution in [0, 0.1) is 0 Å². The smallest absolute Gasteiger partial charge is 0.0242 e. The molecule has 196 valence electrons. The second-order valence-corrected chi connectivity index (χ2v) is 13.1. The van der Waals surface area contributed by atoms with Crippen LogP contribution in [0.4, 0.5) is 0 Å². The summed E-state index contributed by atoms with van der Waals surface area (Å²) in [4.78, 5) is 11.1. The van der Waals surface area contributed by atoms with Crippen LogP contribution in [0.25, 0.3) is 0 Å². The molecule has 0 spiro atoms. The first kappa shape index (κ1) is 25.9. The summed E-state index contributed by atoms with van der Waals surface area (Å²) in [6.45, 7) is 23.7. The predicted molar refractivity (Wildman–Crippen MR) is 151 cm³/mol. The lowest BCUT2D eigenvalue weighted by molar-refractivity contribution is 0.00904. The molecule has 3 heterocycles. The van der Waals surface area contributed by atoms with E-state index < -0.39 is 0 Å². The fourth-order valence-electron chi connectivity index (χ4n) is 7.14. The van der Waals surface area contributed by atoms with Crippen LogP contribution in [0.2, 0.25) is 0 Å². The number of fused-ring (bicyclic) bond motifs is 8. The molecule has 0 saturated carbocycles. The summed E-state index contributed by atoms with van der Waals surface area (Å²) < 4.78 is 0. The van der Waals surface area contributed by atoms with E-state index in [1.807, 2.05) is 0 Å². The van der Waals surface area contributed by atoms with Gasteiger partial charge in [0.25, 0.3) is 0 Å². The van der Waals surface area contributed by atoms with Gasteiger partial charge >= 0.3 is 0 Å². The molecule has 4 bridgehead atoms. The Hall–Kier alpha value is -1.72. The SMILES string of the molecule is C[C@@H]1CC(C)(C)N2CCN(Cc3ccccc3C2)[C@@H](C)CC(C)(C)N2CCN1Cc1ccccc1C2. The molecule has 3 aliphatic heterocycles. The molecule has 1 saturated heterocycles. The molecule has 0 radical (unpaired) electrons. The van der Waals surface area contributed by atoms with Crippen molar-refractivity contribution in [3.8, 4) is 0 Å². The second kappa shape index (κ2) is 10.2. The molecule has 0 amide bonds. The monoisotopic (exact) mass is 488 g/mol. The van der Waals surface area contributed by atoms with Crippen molar-refractivity contribution in [1.29, 1.82) is 0 Å². The van der Waals surface area contributed by atoms with Gasteiger partial charge in [0.2, 0.25) is 0 Å². The van der Waals surface area contributed by atoms with E-state index >= 15 is 0 Å². The summed E-state index contributed by atoms with van der Waals surface area (Å²) >= 11 is 0. The fourth-order valence-corrected chi connectivity index (χ4v) is 7.14. The summed E-state index contributed by atoms with van der Waals surface area (Å²) in [7, 11) is 0. The van der Waals surface area contributed by atoms with Crippen LogP contribution in [0.15, 0.2) is 48.5 Å². The third-order valence-electron chi connectivity index (χ3n) is 9.57. The first-order chi connectivity index (χ1) is 17.1. The molecule has 3 aliphatic rings. The normalized spacial score (nSPS) is 34.3. The Morgan fingerprint density at radius 1 is 0.528 bits per heavy atom. The van der Waals surface area contributed by atoms with Gasteiger partial charge in [0.15, 0.2) is 0 Å². The summed E-state index contributed by atoms with van der Waals surface area (Å²) in [5.41, 5.74) is 6.30. The molecule has 4 nitrogen and oxygen atoms in total. The van der Waals surface area contributed by atoms with Crippen LogP contribution >= 0.6 is 0 Å². The minimum absolute atomic E-state index is 0.129. The van der Waals surface area contributed by atoms with Crippen LogP contribution in [-0.2, 0) is 26.2 Å². The maximum absolute atomic E-state index is 2.78. The lowest BCUT2D eigenvalue weighted by Gasteiger charge is -2.49. The lowest BCUT2D eigenvalue weighted by atomic mass is 9.88. The first-order valence-electron chi connectivity index (χ1n) is 14.2. The molecule has 0 aromatic heterocycles. The van der Waals surface area contributed by atoms with Crippen LogP contribution in [-0.4, -0.2) is 68.9 Å². The summed E-state index contributed by atoms with van der Waals surface area (Å²) in [6.07, 6.45) is 2.35. The van der Waals surface area contributed by atoms with Gasteiger partial charge in [-0.2, -0.15) is 0 Å². The summed E-state index contributed by atoms with van der Waals surface area (Å²) in [5, 5.41) is 0. The van der Waals surface area contributed by atoms with E-state index in [1.54, 1.807) is 0 Å². The van der Waals surface area contributed by atoms with Crippen molar-refractivity contribution in [1.82, 2.24) is 19.6 Å². The third kappa shape index (κ3) is 5.43. The average Bonchev–Trinajstić information content (AvgIpc) is 2.78. The van der Waals surface area contributed by atoms with Gasteiger partial charge < -0.3 is 0 Å². The molecule has 0 N–H and O–H groups in total. The Kier molecular flexibility index (Phi) is 7.35. The predicted octanol–water partition coefficient (Wildman–Crippen LogP) is 5.75. The van der Waals surface area contributed by atoms with E-state index in [2.05, 4.69) is 110 Å². The van der Waals surface area contributed by atoms with Crippen molar-refractivity contribution < 1.29 is 0 Å². The minimum Gasteiger partial charge on any atom is -0.295 e. The zero-order valence-corrected chi connectivity index (χ0v) is 23.6. The summed E-state index contributed by atoms with van der Waals surface area (Å²) in [6, 6.07) is 19.4. The molecule has 6 atom stereocenters. The van der Waals surface area contributed by atoms with Gasteiger partial charge in [-0.3, -0.25) is 19.6 Å². The molecule has 5 rings (SSSR count). The van der Waals surface area contributed by atoms with Gasteiger partial charge in [-0.05, 0) is 76.6 Å². The largest absolute Gasteiger partial charge is 0.295 e. The van der Waals surface area contributed by atoms with E-state index in [-0.39, 0.29) is 11.1 Å². The number of benzene rings is 2. The highest BCUT2D eigenvalue weighted by molar-refractivity contribution is 5.29. The number of nitrogens with zero attached hydrogens (tertiary/aromatic N) is 4. The Bertz CT molecular complexity index is 960. The van der Waals surface area contributed by atoms with E-state index in [1.165, 1.54) is 35.1 Å². The maximum atomic E-state index is 2.78. The molecule has 4 heteroatoms. The fraction of sp³-hybridized carbons (Fsp3) is 0.625. The van der Waals surface area contributed by atoms with E-state index in [0.717, 1.165) is 52.4 Å². The molecule has 2 aromatic rings. The quantitative estimate of drug-likeness (QED) is 0.468. The third-order valence-corrected chi connectivity index (χ3v) is 9.57. The molecule has 1 fully saturated rings. The zero-order valence-electron chi connectivity index (χ0n) is 23.6. The molecular formula is C32H48N4. The molecule has 0 aliphatic carbocycles. The molecule has 4 unspecified atom stereocenters. The van der Waals surface area contributed by atoms with Crippen LogP contribution in [0.3, 0.4) is 0 Å². The van der Waals surface area contributed by atoms with Crippen LogP contribution in [0.5, 0.6) is 0 Å². The van der Waals surface area contributed by atoms with E-state index in [9.17, 15) is 0 Å². The van der Waals surface area contributed by atoms with E-state index in [0.29, 0.717) is 12.1 Å². The van der Waals surface area contributed by atoms with Crippen molar-refractivity contribution in [3.05, 3.63) is 70.8 Å². The highest BCUT2D eigenvalue weighted by Crippen LogP contribution is 2.33. The minimum atomic E-state index is 0.129. The Balaban J connectivity index is 1.57. The van der Waals surface area contributed by atoms with Gasteiger partial charge in [-0.25, -0.2) is 0 Å². The first-order valence-corrected chi connectivity index (χ1v) is 14.2. The topological polar surface area (TPSA) is 13.0 Å². The van der Waals surface area contributed by atoms with Crippen LogP contribution in [0.1, 0.15) is 76.6 Å². The van der Waals surface area contributed by atoms with Gasteiger partial charge in [-0.15, -0.1) is 0 Å². The number of hydrogen-bond donors (Lipinski definition) is 0. The number of hydrogen-bond acceptors (Lipinski definition) is 4. The number of rotatable bonds is 0.